The van der Waals surface area contributed by atoms with Crippen molar-refractivity contribution in [1.82, 2.24) is 9.62 Å². The highest BCUT2D eigenvalue weighted by Gasteiger charge is 2.33. The fourth-order valence-electron chi connectivity index (χ4n) is 3.18. The second kappa shape index (κ2) is 8.86. The maximum atomic E-state index is 12.9. The Kier molecular flexibility index (Phi) is 6.51. The Labute approximate surface area is 164 Å². The largest absolute Gasteiger partial charge is 0.497 e. The molecule has 1 aromatic carbocycles. The SMILES string of the molecule is COc1ccc(S(=O)(=O)N2CCCC(C(=O)NCCc3cccs3)C2)cc1. The highest BCUT2D eigenvalue weighted by Crippen LogP contribution is 2.25. The average Bonchev–Trinajstić information content (AvgIpc) is 3.21. The third-order valence-corrected chi connectivity index (χ3v) is 7.52. The monoisotopic (exact) mass is 408 g/mol. The van der Waals surface area contributed by atoms with Crippen LogP contribution in [-0.4, -0.2) is 45.4 Å². The van der Waals surface area contributed by atoms with Gasteiger partial charge in [0, 0.05) is 24.5 Å². The van der Waals surface area contributed by atoms with Crippen molar-refractivity contribution in [1.29, 1.82) is 0 Å². The molecule has 6 nitrogen and oxygen atoms in total. The van der Waals surface area contributed by atoms with Gasteiger partial charge in [0.1, 0.15) is 5.75 Å². The second-order valence-corrected chi connectivity index (χ2v) is 9.47. The summed E-state index contributed by atoms with van der Waals surface area (Å²) in [4.78, 5) is 13.9. The predicted octanol–water partition coefficient (Wildman–Crippen LogP) is 2.52. The summed E-state index contributed by atoms with van der Waals surface area (Å²) in [5, 5.41) is 4.96. The summed E-state index contributed by atoms with van der Waals surface area (Å²) >= 11 is 1.67. The van der Waals surface area contributed by atoms with Crippen LogP contribution in [0.3, 0.4) is 0 Å². The minimum atomic E-state index is -3.61. The van der Waals surface area contributed by atoms with Gasteiger partial charge in [-0.2, -0.15) is 4.31 Å². The van der Waals surface area contributed by atoms with Gasteiger partial charge in [-0.05, 0) is 55.0 Å². The van der Waals surface area contributed by atoms with E-state index in [1.807, 2.05) is 17.5 Å². The van der Waals surface area contributed by atoms with Gasteiger partial charge in [-0.15, -0.1) is 11.3 Å². The number of rotatable bonds is 7. The number of piperidine rings is 1. The Hall–Kier alpha value is -1.90. The fraction of sp³-hybridized carbons (Fsp3) is 0.421. The zero-order valence-electron chi connectivity index (χ0n) is 15.3. The van der Waals surface area contributed by atoms with Gasteiger partial charge in [-0.1, -0.05) is 6.07 Å². The molecular formula is C19H24N2O4S2. The van der Waals surface area contributed by atoms with Crippen molar-refractivity contribution in [2.24, 2.45) is 5.92 Å². The molecule has 0 spiro atoms. The highest BCUT2D eigenvalue weighted by atomic mass is 32.2. The number of benzene rings is 1. The topological polar surface area (TPSA) is 75.7 Å². The number of hydrogen-bond donors (Lipinski definition) is 1. The van der Waals surface area contributed by atoms with Gasteiger partial charge in [0.05, 0.1) is 17.9 Å². The van der Waals surface area contributed by atoms with E-state index in [0.717, 1.165) is 6.42 Å². The standard InChI is InChI=1S/C19H24N2O4S2/c1-25-16-6-8-18(9-7-16)27(23,24)21-12-2-4-15(14-21)19(22)20-11-10-17-5-3-13-26-17/h3,5-9,13,15H,2,4,10-12,14H2,1H3,(H,20,22). The number of amides is 1. The maximum absolute atomic E-state index is 12.9. The van der Waals surface area contributed by atoms with E-state index in [9.17, 15) is 13.2 Å². The lowest BCUT2D eigenvalue weighted by Gasteiger charge is -2.31. The van der Waals surface area contributed by atoms with Gasteiger partial charge in [0.25, 0.3) is 0 Å². The molecule has 146 valence electrons. The predicted molar refractivity (Wildman–Crippen MR) is 106 cm³/mol. The van der Waals surface area contributed by atoms with Crippen LogP contribution in [-0.2, 0) is 21.2 Å². The Bertz CT molecular complexity index is 848. The van der Waals surface area contributed by atoms with Crippen LogP contribution in [0.4, 0.5) is 0 Å². The van der Waals surface area contributed by atoms with Gasteiger partial charge in [0.2, 0.25) is 15.9 Å². The molecule has 27 heavy (non-hydrogen) atoms. The zero-order valence-corrected chi connectivity index (χ0v) is 16.9. The number of thiophene rings is 1. The zero-order chi connectivity index (χ0) is 19.3. The van der Waals surface area contributed by atoms with Crippen molar-refractivity contribution >= 4 is 27.3 Å². The first-order valence-electron chi connectivity index (χ1n) is 8.95. The van der Waals surface area contributed by atoms with Crippen LogP contribution in [0.2, 0.25) is 0 Å². The first-order chi connectivity index (χ1) is 13.0. The number of nitrogens with zero attached hydrogens (tertiary/aromatic N) is 1. The fourth-order valence-corrected chi connectivity index (χ4v) is 5.41. The van der Waals surface area contributed by atoms with Gasteiger partial charge < -0.3 is 10.1 Å². The molecule has 1 aliphatic heterocycles. The summed E-state index contributed by atoms with van der Waals surface area (Å²) in [5.41, 5.74) is 0. The number of hydrogen-bond acceptors (Lipinski definition) is 5. The van der Waals surface area contributed by atoms with E-state index in [2.05, 4.69) is 5.32 Å². The molecule has 3 rings (SSSR count). The number of nitrogens with one attached hydrogen (secondary N) is 1. The summed E-state index contributed by atoms with van der Waals surface area (Å²) in [6, 6.07) is 10.4. The molecule has 1 N–H and O–H groups in total. The smallest absolute Gasteiger partial charge is 0.243 e. The average molecular weight is 409 g/mol. The van der Waals surface area contributed by atoms with Crippen LogP contribution >= 0.6 is 11.3 Å². The Morgan fingerprint density at radius 1 is 1.30 bits per heavy atom. The third kappa shape index (κ3) is 4.88. The summed E-state index contributed by atoms with van der Waals surface area (Å²) in [7, 11) is -2.07. The molecule has 1 atom stereocenters. The normalized spacial score (nSPS) is 18.2. The first-order valence-corrected chi connectivity index (χ1v) is 11.3. The maximum Gasteiger partial charge on any atom is 0.243 e. The summed E-state index contributed by atoms with van der Waals surface area (Å²) < 4.78 is 32.3. The molecule has 0 aliphatic carbocycles. The molecule has 1 saturated heterocycles. The van der Waals surface area contributed by atoms with Crippen LogP contribution in [0.1, 0.15) is 17.7 Å². The van der Waals surface area contributed by atoms with E-state index < -0.39 is 10.0 Å². The molecular weight excluding hydrogens is 384 g/mol. The molecule has 2 heterocycles. The van der Waals surface area contributed by atoms with Gasteiger partial charge >= 0.3 is 0 Å². The third-order valence-electron chi connectivity index (χ3n) is 4.70. The van der Waals surface area contributed by atoms with Crippen molar-refractivity contribution in [3.05, 3.63) is 46.7 Å². The summed E-state index contributed by atoms with van der Waals surface area (Å²) in [6.45, 7) is 1.23. The van der Waals surface area contributed by atoms with E-state index in [0.29, 0.717) is 31.7 Å². The molecule has 8 heteroatoms. The molecule has 1 unspecified atom stereocenters. The summed E-state index contributed by atoms with van der Waals surface area (Å²) in [6.07, 6.45) is 2.18. The Morgan fingerprint density at radius 2 is 2.07 bits per heavy atom. The lowest BCUT2D eigenvalue weighted by Crippen LogP contribution is -2.45. The molecule has 1 aromatic heterocycles. The molecule has 0 saturated carbocycles. The first kappa shape index (κ1) is 19.9. The van der Waals surface area contributed by atoms with E-state index in [1.54, 1.807) is 35.6 Å². The van der Waals surface area contributed by atoms with Crippen LogP contribution in [0.15, 0.2) is 46.7 Å². The van der Waals surface area contributed by atoms with Crippen LogP contribution < -0.4 is 10.1 Å². The lowest BCUT2D eigenvalue weighted by atomic mass is 9.99. The Balaban J connectivity index is 1.59. The summed E-state index contributed by atoms with van der Waals surface area (Å²) in [5.74, 6) is 0.229. The number of methoxy groups -OCH3 is 1. The molecule has 1 fully saturated rings. The molecule has 2 aromatic rings. The van der Waals surface area contributed by atoms with Crippen molar-refractivity contribution < 1.29 is 17.9 Å². The van der Waals surface area contributed by atoms with Crippen molar-refractivity contribution in [3.63, 3.8) is 0 Å². The van der Waals surface area contributed by atoms with Crippen LogP contribution in [0, 0.1) is 5.92 Å². The minimum absolute atomic E-state index is 0.0683. The van der Waals surface area contributed by atoms with Crippen molar-refractivity contribution in [2.45, 2.75) is 24.2 Å². The van der Waals surface area contributed by atoms with Crippen LogP contribution in [0.5, 0.6) is 5.75 Å². The van der Waals surface area contributed by atoms with E-state index in [4.69, 9.17) is 4.74 Å². The van der Waals surface area contributed by atoms with Gasteiger partial charge in [-0.3, -0.25) is 4.79 Å². The molecule has 1 aliphatic rings. The van der Waals surface area contributed by atoms with Crippen molar-refractivity contribution in [2.75, 3.05) is 26.7 Å². The number of sulfonamides is 1. The molecule has 0 radical (unpaired) electrons. The number of ether oxygens (including phenoxy) is 1. The molecule has 1 amide bonds. The quantitative estimate of drug-likeness (QED) is 0.764. The van der Waals surface area contributed by atoms with E-state index in [1.165, 1.54) is 16.3 Å². The second-order valence-electron chi connectivity index (χ2n) is 6.50. The number of carbonyl (C=O) groups excluding carboxylic acids is 1. The minimum Gasteiger partial charge on any atom is -0.497 e. The number of carbonyl (C=O) groups is 1. The highest BCUT2D eigenvalue weighted by molar-refractivity contribution is 7.89. The van der Waals surface area contributed by atoms with E-state index in [-0.39, 0.29) is 23.3 Å². The molecule has 0 bridgehead atoms. The van der Waals surface area contributed by atoms with E-state index >= 15 is 0 Å². The Morgan fingerprint density at radius 3 is 2.74 bits per heavy atom. The van der Waals surface area contributed by atoms with Crippen LogP contribution in [0.25, 0.3) is 0 Å². The van der Waals surface area contributed by atoms with Gasteiger partial charge in [0.15, 0.2) is 0 Å². The van der Waals surface area contributed by atoms with Crippen molar-refractivity contribution in [3.8, 4) is 5.75 Å². The lowest BCUT2D eigenvalue weighted by molar-refractivity contribution is -0.126. The van der Waals surface area contributed by atoms with Gasteiger partial charge in [-0.25, -0.2) is 8.42 Å².